The van der Waals surface area contributed by atoms with Crippen molar-refractivity contribution >= 4 is 11.6 Å². The number of carbonyl (C=O) groups excluding carboxylic acids is 1. The van der Waals surface area contributed by atoms with Gasteiger partial charge in [0, 0.05) is 12.0 Å². The summed E-state index contributed by atoms with van der Waals surface area (Å²) >= 11 is 0. The Morgan fingerprint density at radius 2 is 1.92 bits per heavy atom. The van der Waals surface area contributed by atoms with Gasteiger partial charge in [-0.1, -0.05) is 35.5 Å². The molecule has 136 valence electrons. The highest BCUT2D eigenvalue weighted by Crippen LogP contribution is 2.28. The summed E-state index contributed by atoms with van der Waals surface area (Å²) in [4.78, 5) is 19.4. The number of benzene rings is 2. The molecule has 0 aromatic heterocycles. The van der Waals surface area contributed by atoms with Gasteiger partial charge in [0.2, 0.25) is 0 Å². The molecule has 2 aromatic carbocycles. The van der Waals surface area contributed by atoms with E-state index >= 15 is 0 Å². The third-order valence-electron chi connectivity index (χ3n) is 4.87. The lowest BCUT2D eigenvalue weighted by Gasteiger charge is -2.23. The molecular formula is C21H24N2O3. The zero-order chi connectivity index (χ0) is 18.7. The second-order valence-electron chi connectivity index (χ2n) is 6.66. The predicted octanol–water partition coefficient (Wildman–Crippen LogP) is 3.18. The van der Waals surface area contributed by atoms with Crippen LogP contribution in [0.5, 0.6) is 0 Å². The number of carbonyl (C=O) groups is 1. The Morgan fingerprint density at radius 3 is 2.58 bits per heavy atom. The van der Waals surface area contributed by atoms with E-state index in [1.807, 2.05) is 37.3 Å². The van der Waals surface area contributed by atoms with Gasteiger partial charge in [0.15, 0.2) is 0 Å². The summed E-state index contributed by atoms with van der Waals surface area (Å²) in [5, 5.41) is 13.5. The first-order valence-electron chi connectivity index (χ1n) is 8.72. The monoisotopic (exact) mass is 352 g/mol. The molecular weight excluding hydrogens is 328 g/mol. The highest BCUT2D eigenvalue weighted by Gasteiger charge is 2.33. The Bertz CT molecular complexity index is 845. The zero-order valence-corrected chi connectivity index (χ0v) is 15.4. The first kappa shape index (κ1) is 18.1. The number of hydrogen-bond acceptors (Lipinski definition) is 4. The van der Waals surface area contributed by atoms with Crippen LogP contribution in [-0.2, 0) is 4.84 Å². The van der Waals surface area contributed by atoms with Crippen LogP contribution in [0.4, 0.5) is 0 Å². The van der Waals surface area contributed by atoms with Gasteiger partial charge in [-0.2, -0.15) is 0 Å². The fourth-order valence-corrected chi connectivity index (χ4v) is 3.51. The molecule has 1 N–H and O–H groups in total. The van der Waals surface area contributed by atoms with Crippen LogP contribution in [0.25, 0.3) is 11.1 Å². The van der Waals surface area contributed by atoms with Gasteiger partial charge in [0.1, 0.15) is 7.11 Å². The molecule has 0 saturated carbocycles. The highest BCUT2D eigenvalue weighted by molar-refractivity contribution is 6.01. The topological polar surface area (TPSA) is 62.1 Å². The Labute approximate surface area is 153 Å². The summed E-state index contributed by atoms with van der Waals surface area (Å²) in [7, 11) is 1.49. The molecule has 1 saturated heterocycles. The molecule has 0 aliphatic carbocycles. The van der Waals surface area contributed by atoms with E-state index in [9.17, 15) is 9.90 Å². The number of aryl methyl sites for hydroxylation is 2. The van der Waals surface area contributed by atoms with Crippen LogP contribution in [0.3, 0.4) is 0 Å². The Balaban J connectivity index is 1.88. The minimum atomic E-state index is -0.257. The van der Waals surface area contributed by atoms with Gasteiger partial charge in [-0.05, 0) is 48.2 Å². The predicted molar refractivity (Wildman–Crippen MR) is 102 cm³/mol. The highest BCUT2D eigenvalue weighted by atomic mass is 16.6. The van der Waals surface area contributed by atoms with Gasteiger partial charge in [-0.3, -0.25) is 4.79 Å². The smallest absolute Gasteiger partial charge is 0.254 e. The maximum Gasteiger partial charge on any atom is 0.254 e. The minimum Gasteiger partial charge on any atom is -0.399 e. The van der Waals surface area contributed by atoms with Crippen LogP contribution < -0.4 is 0 Å². The molecule has 26 heavy (non-hydrogen) atoms. The minimum absolute atomic E-state index is 0.0885. The molecule has 5 nitrogen and oxygen atoms in total. The van der Waals surface area contributed by atoms with Crippen molar-refractivity contribution in [2.75, 3.05) is 20.3 Å². The van der Waals surface area contributed by atoms with Crippen molar-refractivity contribution in [3.8, 4) is 11.1 Å². The summed E-state index contributed by atoms with van der Waals surface area (Å²) in [6.07, 6.45) is 0.538. The molecule has 1 unspecified atom stereocenters. The molecule has 5 heteroatoms. The van der Waals surface area contributed by atoms with E-state index < -0.39 is 0 Å². The van der Waals surface area contributed by atoms with Crippen LogP contribution in [0.2, 0.25) is 0 Å². The molecule has 0 spiro atoms. The largest absolute Gasteiger partial charge is 0.399 e. The molecule has 0 radical (unpaired) electrons. The van der Waals surface area contributed by atoms with Gasteiger partial charge in [0.25, 0.3) is 5.91 Å². The summed E-state index contributed by atoms with van der Waals surface area (Å²) < 4.78 is 0. The fraction of sp³-hybridized carbons (Fsp3) is 0.333. The van der Waals surface area contributed by atoms with Gasteiger partial charge in [-0.25, -0.2) is 0 Å². The van der Waals surface area contributed by atoms with Crippen LogP contribution in [0, 0.1) is 13.8 Å². The normalized spacial score (nSPS) is 18.4. The van der Waals surface area contributed by atoms with Crippen molar-refractivity contribution in [2.24, 2.45) is 5.16 Å². The maximum atomic E-state index is 13.0. The van der Waals surface area contributed by atoms with Crippen molar-refractivity contribution in [1.82, 2.24) is 4.90 Å². The number of hydrogen-bond donors (Lipinski definition) is 1. The number of amides is 1. The van der Waals surface area contributed by atoms with E-state index in [-0.39, 0.29) is 18.6 Å². The van der Waals surface area contributed by atoms with E-state index in [1.54, 1.807) is 4.90 Å². The number of rotatable bonds is 4. The van der Waals surface area contributed by atoms with Crippen molar-refractivity contribution in [3.63, 3.8) is 0 Å². The summed E-state index contributed by atoms with van der Waals surface area (Å²) in [6.45, 7) is 4.40. The van der Waals surface area contributed by atoms with E-state index in [0.29, 0.717) is 18.5 Å². The Kier molecular flexibility index (Phi) is 5.38. The first-order valence-corrected chi connectivity index (χ1v) is 8.72. The van der Waals surface area contributed by atoms with Crippen LogP contribution in [0.15, 0.2) is 47.6 Å². The van der Waals surface area contributed by atoms with Crippen molar-refractivity contribution < 1.29 is 14.7 Å². The lowest BCUT2D eigenvalue weighted by Crippen LogP contribution is -2.37. The lowest BCUT2D eigenvalue weighted by molar-refractivity contribution is 0.0680. The van der Waals surface area contributed by atoms with Crippen LogP contribution in [0.1, 0.15) is 27.9 Å². The van der Waals surface area contributed by atoms with E-state index in [2.05, 4.69) is 24.2 Å². The van der Waals surface area contributed by atoms with Gasteiger partial charge in [0.05, 0.1) is 24.9 Å². The fourth-order valence-electron chi connectivity index (χ4n) is 3.51. The van der Waals surface area contributed by atoms with E-state index in [4.69, 9.17) is 4.84 Å². The van der Waals surface area contributed by atoms with Gasteiger partial charge >= 0.3 is 0 Å². The SMILES string of the molecule is CO/N=C1\CC(CO)N(C(=O)c2ccc(-c3ccccc3C)c(C)c2)C1. The van der Waals surface area contributed by atoms with Crippen LogP contribution in [-0.4, -0.2) is 47.9 Å². The third kappa shape index (κ3) is 3.48. The number of oxime groups is 1. The first-order chi connectivity index (χ1) is 12.5. The van der Waals surface area contributed by atoms with Crippen molar-refractivity contribution in [2.45, 2.75) is 26.3 Å². The number of aliphatic hydroxyl groups excluding tert-OH is 1. The molecule has 1 heterocycles. The Morgan fingerprint density at radius 1 is 1.19 bits per heavy atom. The summed E-state index contributed by atoms with van der Waals surface area (Å²) in [6, 6.07) is 13.7. The van der Waals surface area contributed by atoms with Crippen LogP contribution >= 0.6 is 0 Å². The van der Waals surface area contributed by atoms with Crippen molar-refractivity contribution in [3.05, 3.63) is 59.2 Å². The molecule has 1 aliphatic rings. The number of nitrogens with zero attached hydrogens (tertiary/aromatic N) is 2. The molecule has 1 amide bonds. The second-order valence-corrected chi connectivity index (χ2v) is 6.66. The second kappa shape index (κ2) is 7.70. The molecule has 1 fully saturated rings. The average Bonchev–Trinajstić information content (AvgIpc) is 3.05. The summed E-state index contributed by atoms with van der Waals surface area (Å²) in [5.74, 6) is -0.0928. The molecule has 3 rings (SSSR count). The molecule has 0 bridgehead atoms. The number of aliphatic hydroxyl groups is 1. The molecule has 1 aliphatic heterocycles. The molecule has 1 atom stereocenters. The zero-order valence-electron chi connectivity index (χ0n) is 15.4. The standard InChI is InChI=1S/C21H24N2O3/c1-14-6-4-5-7-19(14)20-9-8-16(10-15(20)2)21(25)23-12-17(22-26-3)11-18(23)13-24/h4-10,18,24H,11-13H2,1-3H3/b22-17+. The Hall–Kier alpha value is -2.66. The third-order valence-corrected chi connectivity index (χ3v) is 4.87. The number of likely N-dealkylation sites (tertiary alicyclic amines) is 1. The summed E-state index contributed by atoms with van der Waals surface area (Å²) in [5.41, 5.74) is 5.95. The quantitative estimate of drug-likeness (QED) is 0.860. The lowest BCUT2D eigenvalue weighted by atomic mass is 9.95. The van der Waals surface area contributed by atoms with Gasteiger partial charge < -0.3 is 14.8 Å². The van der Waals surface area contributed by atoms with Crippen molar-refractivity contribution in [1.29, 1.82) is 0 Å². The van der Waals surface area contributed by atoms with Gasteiger partial charge in [-0.15, -0.1) is 0 Å². The average molecular weight is 352 g/mol. The van der Waals surface area contributed by atoms with E-state index in [1.165, 1.54) is 18.2 Å². The maximum absolute atomic E-state index is 13.0. The van der Waals surface area contributed by atoms with E-state index in [0.717, 1.165) is 16.8 Å². The molecule has 2 aromatic rings.